The van der Waals surface area contributed by atoms with Gasteiger partial charge < -0.3 is 5.73 Å². The fraction of sp³-hybridized carbons (Fsp3) is 0.538. The summed E-state index contributed by atoms with van der Waals surface area (Å²) in [6, 6.07) is 8.61. The van der Waals surface area contributed by atoms with Crippen LogP contribution in [-0.2, 0) is 0 Å². The zero-order valence-corrected chi connectivity index (χ0v) is 11.7. The molecule has 0 aromatic heterocycles. The Morgan fingerprint density at radius 3 is 2.33 bits per heavy atom. The number of hydrogen-bond acceptors (Lipinski definition) is 1. The van der Waals surface area contributed by atoms with Gasteiger partial charge in [0, 0.05) is 9.61 Å². The van der Waals surface area contributed by atoms with Crippen LogP contribution in [0.4, 0.5) is 0 Å². The van der Waals surface area contributed by atoms with Gasteiger partial charge in [0.05, 0.1) is 0 Å². The largest absolute Gasteiger partial charge is 0.324 e. The molecule has 0 spiro atoms. The summed E-state index contributed by atoms with van der Waals surface area (Å²) in [5, 5.41) is 0. The van der Waals surface area contributed by atoms with E-state index >= 15 is 0 Å². The molecule has 2 heteroatoms. The van der Waals surface area contributed by atoms with Crippen molar-refractivity contribution in [3.63, 3.8) is 0 Å². The predicted molar refractivity (Wildman–Crippen MR) is 74.8 cm³/mol. The van der Waals surface area contributed by atoms with E-state index in [4.69, 9.17) is 5.73 Å². The van der Waals surface area contributed by atoms with Crippen LogP contribution in [-0.4, -0.2) is 0 Å². The van der Waals surface area contributed by atoms with Crippen molar-refractivity contribution in [2.24, 2.45) is 11.7 Å². The zero-order chi connectivity index (χ0) is 11.3. The molecule has 15 heavy (non-hydrogen) atoms. The number of benzene rings is 1. The molecule has 0 aliphatic carbocycles. The van der Waals surface area contributed by atoms with Crippen LogP contribution in [0.15, 0.2) is 24.3 Å². The summed E-state index contributed by atoms with van der Waals surface area (Å²) in [6.45, 7) is 4.49. The number of rotatable bonds is 5. The van der Waals surface area contributed by atoms with Gasteiger partial charge in [-0.2, -0.15) is 0 Å². The average Bonchev–Trinajstić information content (AvgIpc) is 2.26. The van der Waals surface area contributed by atoms with Crippen molar-refractivity contribution < 1.29 is 0 Å². The molecule has 0 radical (unpaired) electrons. The summed E-state index contributed by atoms with van der Waals surface area (Å²) in [4.78, 5) is 0. The Balaban J connectivity index is 2.68. The van der Waals surface area contributed by atoms with Crippen LogP contribution < -0.4 is 5.73 Å². The SMILES string of the molecule is CCC(CC)CC(N)c1ccccc1I. The van der Waals surface area contributed by atoms with Gasteiger partial charge in [-0.05, 0) is 46.6 Å². The third kappa shape index (κ3) is 3.76. The van der Waals surface area contributed by atoms with Crippen LogP contribution in [0, 0.1) is 9.49 Å². The summed E-state index contributed by atoms with van der Waals surface area (Å²) >= 11 is 2.37. The van der Waals surface area contributed by atoms with Gasteiger partial charge in [-0.1, -0.05) is 44.9 Å². The third-order valence-corrected chi connectivity index (χ3v) is 4.03. The number of halogens is 1. The summed E-state index contributed by atoms with van der Waals surface area (Å²) < 4.78 is 1.29. The molecule has 1 aromatic rings. The molecule has 2 N–H and O–H groups in total. The second kappa shape index (κ2) is 6.48. The van der Waals surface area contributed by atoms with E-state index in [1.54, 1.807) is 0 Å². The van der Waals surface area contributed by atoms with Crippen LogP contribution in [0.5, 0.6) is 0 Å². The van der Waals surface area contributed by atoms with E-state index in [9.17, 15) is 0 Å². The smallest absolute Gasteiger partial charge is 0.0308 e. The van der Waals surface area contributed by atoms with Gasteiger partial charge in [-0.15, -0.1) is 0 Å². The Hall–Kier alpha value is -0.0900. The first kappa shape index (κ1) is 13.0. The Bertz CT molecular complexity index is 294. The fourth-order valence-corrected chi connectivity index (χ4v) is 2.67. The highest BCUT2D eigenvalue weighted by molar-refractivity contribution is 14.1. The molecule has 1 unspecified atom stereocenters. The van der Waals surface area contributed by atoms with Crippen molar-refractivity contribution in [2.75, 3.05) is 0 Å². The standard InChI is InChI=1S/C13H20IN/c1-3-10(4-2)9-13(15)11-7-5-6-8-12(11)14/h5-8,10,13H,3-4,9,15H2,1-2H3. The lowest BCUT2D eigenvalue weighted by Gasteiger charge is -2.19. The molecule has 1 aromatic carbocycles. The summed E-state index contributed by atoms with van der Waals surface area (Å²) in [6.07, 6.45) is 3.56. The van der Waals surface area contributed by atoms with E-state index in [1.165, 1.54) is 22.0 Å². The van der Waals surface area contributed by atoms with Crippen molar-refractivity contribution in [3.05, 3.63) is 33.4 Å². The van der Waals surface area contributed by atoms with Crippen molar-refractivity contribution in [1.82, 2.24) is 0 Å². The van der Waals surface area contributed by atoms with E-state index in [2.05, 4.69) is 60.7 Å². The van der Waals surface area contributed by atoms with Crippen LogP contribution in [0.25, 0.3) is 0 Å². The number of nitrogens with two attached hydrogens (primary N) is 1. The summed E-state index contributed by atoms with van der Waals surface area (Å²) in [5.74, 6) is 0.760. The molecular weight excluding hydrogens is 297 g/mol. The Morgan fingerprint density at radius 2 is 1.80 bits per heavy atom. The van der Waals surface area contributed by atoms with Crippen LogP contribution >= 0.6 is 22.6 Å². The van der Waals surface area contributed by atoms with Gasteiger partial charge in [0.2, 0.25) is 0 Å². The first-order chi connectivity index (χ1) is 7.19. The maximum Gasteiger partial charge on any atom is 0.0308 e. The van der Waals surface area contributed by atoms with E-state index in [0.29, 0.717) is 0 Å². The maximum absolute atomic E-state index is 6.24. The molecule has 0 heterocycles. The minimum absolute atomic E-state index is 0.197. The average molecular weight is 317 g/mol. The zero-order valence-electron chi connectivity index (χ0n) is 9.54. The van der Waals surface area contributed by atoms with E-state index in [0.717, 1.165) is 12.3 Å². The first-order valence-electron chi connectivity index (χ1n) is 5.69. The summed E-state index contributed by atoms with van der Waals surface area (Å²) in [7, 11) is 0. The molecule has 0 amide bonds. The van der Waals surface area contributed by atoms with E-state index in [-0.39, 0.29) is 6.04 Å². The molecule has 1 nitrogen and oxygen atoms in total. The van der Waals surface area contributed by atoms with Gasteiger partial charge >= 0.3 is 0 Å². The highest BCUT2D eigenvalue weighted by atomic mass is 127. The third-order valence-electron chi connectivity index (χ3n) is 3.05. The van der Waals surface area contributed by atoms with Gasteiger partial charge in [0.1, 0.15) is 0 Å². The highest BCUT2D eigenvalue weighted by Gasteiger charge is 2.13. The lowest BCUT2D eigenvalue weighted by molar-refractivity contribution is 0.414. The Kier molecular flexibility index (Phi) is 5.61. The monoisotopic (exact) mass is 317 g/mol. The predicted octanol–water partition coefficient (Wildman–Crippen LogP) is 4.12. The lowest BCUT2D eigenvalue weighted by Crippen LogP contribution is -2.16. The van der Waals surface area contributed by atoms with Gasteiger partial charge in [-0.3, -0.25) is 0 Å². The fourth-order valence-electron chi connectivity index (χ4n) is 1.88. The van der Waals surface area contributed by atoms with E-state index < -0.39 is 0 Å². The molecule has 0 saturated carbocycles. The minimum atomic E-state index is 0.197. The Morgan fingerprint density at radius 1 is 1.20 bits per heavy atom. The molecule has 0 aliphatic heterocycles. The normalized spacial score (nSPS) is 13.1. The van der Waals surface area contributed by atoms with Gasteiger partial charge in [0.15, 0.2) is 0 Å². The Labute approximate surface area is 107 Å². The molecule has 0 bridgehead atoms. The topological polar surface area (TPSA) is 26.0 Å². The molecule has 1 rings (SSSR count). The maximum atomic E-state index is 6.24. The van der Waals surface area contributed by atoms with Crippen molar-refractivity contribution >= 4 is 22.6 Å². The van der Waals surface area contributed by atoms with Crippen LogP contribution in [0.3, 0.4) is 0 Å². The van der Waals surface area contributed by atoms with Gasteiger partial charge in [0.25, 0.3) is 0 Å². The van der Waals surface area contributed by atoms with Crippen molar-refractivity contribution in [1.29, 1.82) is 0 Å². The molecule has 0 fully saturated rings. The highest BCUT2D eigenvalue weighted by Crippen LogP contribution is 2.26. The van der Waals surface area contributed by atoms with E-state index in [1.807, 2.05) is 0 Å². The van der Waals surface area contributed by atoms with Crippen molar-refractivity contribution in [2.45, 2.75) is 39.2 Å². The molecule has 1 atom stereocenters. The van der Waals surface area contributed by atoms with Gasteiger partial charge in [-0.25, -0.2) is 0 Å². The van der Waals surface area contributed by atoms with Crippen LogP contribution in [0.2, 0.25) is 0 Å². The molecule has 0 saturated heterocycles. The second-order valence-electron chi connectivity index (χ2n) is 4.05. The van der Waals surface area contributed by atoms with Crippen molar-refractivity contribution in [3.8, 4) is 0 Å². The lowest BCUT2D eigenvalue weighted by atomic mass is 9.92. The quantitative estimate of drug-likeness (QED) is 0.812. The summed E-state index contributed by atoms with van der Waals surface area (Å²) in [5.41, 5.74) is 7.54. The first-order valence-corrected chi connectivity index (χ1v) is 6.76. The molecule has 0 aliphatic rings. The second-order valence-corrected chi connectivity index (χ2v) is 5.21. The van der Waals surface area contributed by atoms with Crippen LogP contribution in [0.1, 0.15) is 44.7 Å². The minimum Gasteiger partial charge on any atom is -0.324 e. The number of hydrogen-bond donors (Lipinski definition) is 1. The molecule has 84 valence electrons. The molecular formula is C13H20IN.